The molecule has 3 aromatic heterocycles. The minimum atomic E-state index is 0.0543. The van der Waals surface area contributed by atoms with Gasteiger partial charge in [-0.2, -0.15) is 5.10 Å². The van der Waals surface area contributed by atoms with Crippen LogP contribution in [-0.4, -0.2) is 44.1 Å². The summed E-state index contributed by atoms with van der Waals surface area (Å²) in [4.78, 5) is 16.3. The number of aryl methyl sites for hydroxylation is 4. The van der Waals surface area contributed by atoms with E-state index in [1.54, 1.807) is 15.8 Å². The highest BCUT2D eigenvalue weighted by Crippen LogP contribution is 2.23. The molecule has 0 aliphatic carbocycles. The first-order valence-corrected chi connectivity index (χ1v) is 8.81. The van der Waals surface area contributed by atoms with Gasteiger partial charge >= 0.3 is 0 Å². The van der Waals surface area contributed by atoms with Gasteiger partial charge in [0.1, 0.15) is 11.5 Å². The van der Waals surface area contributed by atoms with Gasteiger partial charge in [-0.3, -0.25) is 19.3 Å². The predicted molar refractivity (Wildman–Crippen MR) is 96.0 cm³/mol. The molecule has 0 spiro atoms. The number of hydrogen-bond donors (Lipinski definition) is 0. The predicted octanol–water partition coefficient (Wildman–Crippen LogP) is 1.95. The van der Waals surface area contributed by atoms with E-state index in [-0.39, 0.29) is 5.91 Å². The third kappa shape index (κ3) is 3.25. The Kier molecular flexibility index (Phi) is 4.31. The second-order valence-corrected chi connectivity index (χ2v) is 6.95. The fourth-order valence-electron chi connectivity index (χ4n) is 3.36. The highest BCUT2D eigenvalue weighted by atomic mass is 16.5. The van der Waals surface area contributed by atoms with Gasteiger partial charge < -0.3 is 9.05 Å². The third-order valence-corrected chi connectivity index (χ3v) is 5.00. The van der Waals surface area contributed by atoms with Crippen LogP contribution >= 0.6 is 0 Å². The highest BCUT2D eigenvalue weighted by Gasteiger charge is 2.30. The van der Waals surface area contributed by atoms with Gasteiger partial charge in [-0.05, 0) is 27.7 Å². The Bertz CT molecular complexity index is 946. The van der Waals surface area contributed by atoms with Gasteiger partial charge in [0.2, 0.25) is 5.91 Å². The fourth-order valence-corrected chi connectivity index (χ4v) is 3.36. The Morgan fingerprint density at radius 2 is 1.63 bits per heavy atom. The topological polar surface area (TPSA) is 93.4 Å². The van der Waals surface area contributed by atoms with E-state index in [2.05, 4.69) is 20.3 Å². The molecule has 0 N–H and O–H groups in total. The minimum absolute atomic E-state index is 0.0543. The molecule has 1 fully saturated rings. The second-order valence-electron chi connectivity index (χ2n) is 6.95. The summed E-state index contributed by atoms with van der Waals surface area (Å²) in [5.41, 5.74) is 4.56. The zero-order valence-corrected chi connectivity index (χ0v) is 15.9. The standard InChI is InChI=1S/C18H22N6O3/c1-11-16(13(3)26-20-11)7-22-9-18(25)24(10-22)15-5-19-23(6-15)8-17-12(2)21-27-14(17)4/h5-6H,7-10H2,1-4H3. The number of nitrogens with zero attached hydrogens (tertiary/aromatic N) is 6. The molecule has 27 heavy (non-hydrogen) atoms. The van der Waals surface area contributed by atoms with Crippen LogP contribution in [0.15, 0.2) is 21.4 Å². The van der Waals surface area contributed by atoms with Crippen LogP contribution in [0.5, 0.6) is 0 Å². The monoisotopic (exact) mass is 370 g/mol. The lowest BCUT2D eigenvalue weighted by atomic mass is 10.2. The van der Waals surface area contributed by atoms with E-state index in [1.165, 1.54) is 0 Å². The first kappa shape index (κ1) is 17.5. The Morgan fingerprint density at radius 1 is 1.00 bits per heavy atom. The SMILES string of the molecule is Cc1noc(C)c1CN1CC(=O)N(c2cnn(Cc3c(C)noc3C)c2)C1. The van der Waals surface area contributed by atoms with E-state index in [9.17, 15) is 4.79 Å². The Morgan fingerprint density at radius 3 is 2.22 bits per heavy atom. The second kappa shape index (κ2) is 6.66. The average Bonchev–Trinajstić information content (AvgIpc) is 3.38. The number of rotatable bonds is 5. The summed E-state index contributed by atoms with van der Waals surface area (Å²) >= 11 is 0. The molecule has 9 nitrogen and oxygen atoms in total. The van der Waals surface area contributed by atoms with Crippen LogP contribution in [0.25, 0.3) is 0 Å². The molecule has 1 saturated heterocycles. The van der Waals surface area contributed by atoms with Crippen molar-refractivity contribution < 1.29 is 13.8 Å². The maximum Gasteiger partial charge on any atom is 0.242 e. The van der Waals surface area contributed by atoms with Crippen LogP contribution in [0.3, 0.4) is 0 Å². The number of carbonyl (C=O) groups is 1. The van der Waals surface area contributed by atoms with Gasteiger partial charge in [0.25, 0.3) is 0 Å². The molecule has 0 atom stereocenters. The van der Waals surface area contributed by atoms with Gasteiger partial charge in [0.05, 0.1) is 43.0 Å². The number of aromatic nitrogens is 4. The summed E-state index contributed by atoms with van der Waals surface area (Å²) < 4.78 is 12.2. The zero-order valence-electron chi connectivity index (χ0n) is 15.9. The first-order chi connectivity index (χ1) is 12.9. The fraction of sp³-hybridized carbons (Fsp3) is 0.444. The lowest BCUT2D eigenvalue weighted by Crippen LogP contribution is -2.26. The van der Waals surface area contributed by atoms with Crippen LogP contribution in [0.1, 0.15) is 34.0 Å². The smallest absolute Gasteiger partial charge is 0.242 e. The molecular weight excluding hydrogens is 348 g/mol. The maximum absolute atomic E-state index is 12.5. The molecule has 0 radical (unpaired) electrons. The van der Waals surface area contributed by atoms with Crippen molar-refractivity contribution in [3.05, 3.63) is 46.4 Å². The number of amides is 1. The molecule has 0 saturated carbocycles. The van der Waals surface area contributed by atoms with Crippen molar-refractivity contribution in [1.29, 1.82) is 0 Å². The maximum atomic E-state index is 12.5. The van der Waals surface area contributed by atoms with Crippen molar-refractivity contribution in [1.82, 2.24) is 25.0 Å². The van der Waals surface area contributed by atoms with Gasteiger partial charge in [0.15, 0.2) is 0 Å². The van der Waals surface area contributed by atoms with Gasteiger partial charge in [-0.1, -0.05) is 10.3 Å². The summed E-state index contributed by atoms with van der Waals surface area (Å²) in [6.45, 7) is 9.68. The molecule has 1 aliphatic rings. The van der Waals surface area contributed by atoms with E-state index in [0.717, 1.165) is 39.7 Å². The lowest BCUT2D eigenvalue weighted by molar-refractivity contribution is -0.116. The summed E-state index contributed by atoms with van der Waals surface area (Å²) in [6, 6.07) is 0. The van der Waals surface area contributed by atoms with Crippen molar-refractivity contribution in [3.63, 3.8) is 0 Å². The Labute approximate surface area is 156 Å². The van der Waals surface area contributed by atoms with Crippen molar-refractivity contribution in [3.8, 4) is 0 Å². The molecule has 4 heterocycles. The van der Waals surface area contributed by atoms with Crippen LogP contribution in [0.4, 0.5) is 5.69 Å². The molecule has 4 rings (SSSR count). The summed E-state index contributed by atoms with van der Waals surface area (Å²) in [5.74, 6) is 1.64. The molecule has 142 valence electrons. The van der Waals surface area contributed by atoms with Crippen LogP contribution in [0, 0.1) is 27.7 Å². The van der Waals surface area contributed by atoms with E-state index >= 15 is 0 Å². The molecular formula is C18H22N6O3. The normalized spacial score (nSPS) is 15.3. The van der Waals surface area contributed by atoms with Gasteiger partial charge in [0, 0.05) is 23.9 Å². The Hall–Kier alpha value is -2.94. The summed E-state index contributed by atoms with van der Waals surface area (Å²) in [6.07, 6.45) is 3.60. The van der Waals surface area contributed by atoms with Crippen LogP contribution in [-0.2, 0) is 17.9 Å². The average molecular weight is 370 g/mol. The van der Waals surface area contributed by atoms with E-state index in [0.29, 0.717) is 26.3 Å². The molecule has 0 unspecified atom stereocenters. The van der Waals surface area contributed by atoms with Crippen molar-refractivity contribution in [2.75, 3.05) is 18.1 Å². The molecule has 0 aromatic carbocycles. The Balaban J connectivity index is 1.46. The van der Waals surface area contributed by atoms with Gasteiger partial charge in [-0.25, -0.2) is 0 Å². The largest absolute Gasteiger partial charge is 0.361 e. The lowest BCUT2D eigenvalue weighted by Gasteiger charge is -2.16. The van der Waals surface area contributed by atoms with Crippen molar-refractivity contribution in [2.45, 2.75) is 40.8 Å². The third-order valence-electron chi connectivity index (χ3n) is 5.00. The van der Waals surface area contributed by atoms with Crippen molar-refractivity contribution in [2.24, 2.45) is 0 Å². The zero-order chi connectivity index (χ0) is 19.1. The number of anilines is 1. The highest BCUT2D eigenvalue weighted by molar-refractivity contribution is 5.96. The van der Waals surface area contributed by atoms with Crippen LogP contribution < -0.4 is 4.90 Å². The van der Waals surface area contributed by atoms with E-state index in [4.69, 9.17) is 9.05 Å². The molecule has 1 amide bonds. The van der Waals surface area contributed by atoms with E-state index in [1.807, 2.05) is 33.9 Å². The quantitative estimate of drug-likeness (QED) is 0.677. The summed E-state index contributed by atoms with van der Waals surface area (Å²) in [5, 5.41) is 12.3. The first-order valence-electron chi connectivity index (χ1n) is 8.81. The number of carbonyl (C=O) groups excluding carboxylic acids is 1. The van der Waals surface area contributed by atoms with E-state index < -0.39 is 0 Å². The van der Waals surface area contributed by atoms with Crippen molar-refractivity contribution >= 4 is 11.6 Å². The molecule has 0 bridgehead atoms. The molecule has 3 aromatic rings. The minimum Gasteiger partial charge on any atom is -0.361 e. The summed E-state index contributed by atoms with van der Waals surface area (Å²) in [7, 11) is 0. The number of hydrogen-bond acceptors (Lipinski definition) is 7. The molecule has 9 heteroatoms. The van der Waals surface area contributed by atoms with Crippen LogP contribution in [0.2, 0.25) is 0 Å². The van der Waals surface area contributed by atoms with Gasteiger partial charge in [-0.15, -0.1) is 0 Å². The molecule has 1 aliphatic heterocycles.